The molecule has 2 aromatic rings. The highest BCUT2D eigenvalue weighted by Gasteiger charge is 2.06. The fourth-order valence-corrected chi connectivity index (χ4v) is 3.59. The van der Waals surface area contributed by atoms with E-state index in [4.69, 9.17) is 0 Å². The lowest BCUT2D eigenvalue weighted by atomic mass is 10.1. The van der Waals surface area contributed by atoms with Crippen molar-refractivity contribution < 1.29 is 4.39 Å². The summed E-state index contributed by atoms with van der Waals surface area (Å²) in [4.78, 5) is 9.90. The molecule has 1 aromatic heterocycles. The van der Waals surface area contributed by atoms with Crippen molar-refractivity contribution in [2.24, 2.45) is 4.99 Å². The normalized spacial score (nSPS) is 11.1. The Morgan fingerprint density at radius 1 is 1.28 bits per heavy atom. The van der Waals surface area contributed by atoms with Crippen molar-refractivity contribution in [1.29, 1.82) is 0 Å². The van der Waals surface area contributed by atoms with Crippen LogP contribution in [0.1, 0.15) is 27.9 Å². The number of nitrogens with zero attached hydrogens (tertiary/aromatic N) is 2. The minimum absolute atomic E-state index is 0. The standard InChI is InChI=1S/C17H23FN4S2.HI/c1-4-15-9-20-16(24-15)10-22-17(19-2)21-8-12-5-6-14(18)7-13(12)11-23-3;/h5-7,9H,4,8,10-11H2,1-3H3,(H2,19,21,22);1H. The molecular weight excluding hydrogens is 470 g/mol. The van der Waals surface area contributed by atoms with Gasteiger partial charge in [-0.15, -0.1) is 35.3 Å². The molecule has 25 heavy (non-hydrogen) atoms. The monoisotopic (exact) mass is 494 g/mol. The molecule has 4 nitrogen and oxygen atoms in total. The van der Waals surface area contributed by atoms with Gasteiger partial charge in [0, 0.05) is 30.4 Å². The Morgan fingerprint density at radius 2 is 2.04 bits per heavy atom. The molecule has 0 amide bonds. The summed E-state index contributed by atoms with van der Waals surface area (Å²) in [5.41, 5.74) is 2.09. The lowest BCUT2D eigenvalue weighted by Gasteiger charge is -2.13. The second kappa shape index (κ2) is 11.7. The van der Waals surface area contributed by atoms with Gasteiger partial charge in [0.15, 0.2) is 5.96 Å². The number of hydrogen-bond donors (Lipinski definition) is 2. The summed E-state index contributed by atoms with van der Waals surface area (Å²) in [7, 11) is 1.74. The molecule has 0 fully saturated rings. The first kappa shape index (κ1) is 22.2. The number of benzene rings is 1. The van der Waals surface area contributed by atoms with Crippen molar-refractivity contribution in [3.05, 3.63) is 51.2 Å². The molecular formula is C17H24FIN4S2. The molecule has 0 atom stereocenters. The van der Waals surface area contributed by atoms with Gasteiger partial charge in [-0.1, -0.05) is 13.0 Å². The molecule has 2 rings (SSSR count). The number of aromatic nitrogens is 1. The first-order chi connectivity index (χ1) is 11.7. The van der Waals surface area contributed by atoms with Crippen molar-refractivity contribution >= 4 is 53.0 Å². The fraction of sp³-hybridized carbons (Fsp3) is 0.412. The van der Waals surface area contributed by atoms with Crippen LogP contribution in [-0.2, 0) is 25.3 Å². The maximum Gasteiger partial charge on any atom is 0.191 e. The smallest absolute Gasteiger partial charge is 0.191 e. The van der Waals surface area contributed by atoms with Crippen LogP contribution in [0.4, 0.5) is 4.39 Å². The van der Waals surface area contributed by atoms with Crippen LogP contribution in [0.25, 0.3) is 0 Å². The fourth-order valence-electron chi connectivity index (χ4n) is 2.21. The molecule has 0 saturated heterocycles. The Bertz CT molecular complexity index is 691. The van der Waals surface area contributed by atoms with Crippen molar-refractivity contribution in [3.8, 4) is 0 Å². The number of nitrogens with one attached hydrogen (secondary N) is 2. The highest BCUT2D eigenvalue weighted by molar-refractivity contribution is 14.0. The third-order valence-electron chi connectivity index (χ3n) is 3.50. The second-order valence-electron chi connectivity index (χ2n) is 5.20. The van der Waals surface area contributed by atoms with Gasteiger partial charge in [-0.3, -0.25) is 4.99 Å². The zero-order valence-electron chi connectivity index (χ0n) is 14.6. The lowest BCUT2D eigenvalue weighted by Crippen LogP contribution is -2.36. The lowest BCUT2D eigenvalue weighted by molar-refractivity contribution is 0.625. The summed E-state index contributed by atoms with van der Waals surface area (Å²) in [6, 6.07) is 4.93. The molecule has 1 aromatic carbocycles. The van der Waals surface area contributed by atoms with Crippen LogP contribution in [0.15, 0.2) is 29.4 Å². The number of rotatable bonds is 7. The molecule has 0 saturated carbocycles. The predicted octanol–water partition coefficient (Wildman–Crippen LogP) is 4.19. The third-order valence-corrected chi connectivity index (χ3v) is 5.24. The largest absolute Gasteiger partial charge is 0.352 e. The van der Waals surface area contributed by atoms with Gasteiger partial charge in [0.25, 0.3) is 0 Å². The minimum Gasteiger partial charge on any atom is -0.352 e. The minimum atomic E-state index is -0.194. The summed E-state index contributed by atoms with van der Waals surface area (Å²) in [6.45, 7) is 3.37. The Balaban J connectivity index is 0.00000312. The van der Waals surface area contributed by atoms with E-state index in [0.29, 0.717) is 19.0 Å². The van der Waals surface area contributed by atoms with Gasteiger partial charge in [-0.25, -0.2) is 9.37 Å². The Morgan fingerprint density at radius 3 is 2.68 bits per heavy atom. The quantitative estimate of drug-likeness (QED) is 0.345. The molecule has 0 spiro atoms. The SMILES string of the molecule is CCc1cnc(CNC(=NC)NCc2ccc(F)cc2CSC)s1.I. The molecule has 138 valence electrons. The van der Waals surface area contributed by atoms with Gasteiger partial charge in [0.05, 0.1) is 6.54 Å². The number of aryl methyl sites for hydroxylation is 1. The number of hydrogen-bond acceptors (Lipinski definition) is 4. The summed E-state index contributed by atoms with van der Waals surface area (Å²) in [5, 5.41) is 7.58. The number of thioether (sulfide) groups is 1. The summed E-state index contributed by atoms with van der Waals surface area (Å²) in [5.74, 6) is 1.31. The van der Waals surface area contributed by atoms with Gasteiger partial charge in [0.1, 0.15) is 10.8 Å². The highest BCUT2D eigenvalue weighted by atomic mass is 127. The van der Waals surface area contributed by atoms with Crippen LogP contribution in [0.3, 0.4) is 0 Å². The molecule has 0 aliphatic heterocycles. The molecule has 1 heterocycles. The summed E-state index contributed by atoms with van der Waals surface area (Å²) < 4.78 is 13.4. The van der Waals surface area contributed by atoms with Crippen LogP contribution in [-0.4, -0.2) is 24.2 Å². The average molecular weight is 494 g/mol. The molecule has 8 heteroatoms. The van der Waals surface area contributed by atoms with Crippen molar-refractivity contribution in [2.45, 2.75) is 32.2 Å². The topological polar surface area (TPSA) is 49.3 Å². The number of thiazole rings is 1. The van der Waals surface area contributed by atoms with Crippen LogP contribution >= 0.6 is 47.1 Å². The maximum absolute atomic E-state index is 13.4. The van der Waals surface area contributed by atoms with Crippen LogP contribution < -0.4 is 10.6 Å². The van der Waals surface area contributed by atoms with E-state index in [9.17, 15) is 4.39 Å². The van der Waals surface area contributed by atoms with E-state index in [1.807, 2.05) is 18.5 Å². The van der Waals surface area contributed by atoms with Gasteiger partial charge >= 0.3 is 0 Å². The van der Waals surface area contributed by atoms with Crippen molar-refractivity contribution in [3.63, 3.8) is 0 Å². The average Bonchev–Trinajstić information content (AvgIpc) is 3.05. The van der Waals surface area contributed by atoms with Gasteiger partial charge in [-0.2, -0.15) is 11.8 Å². The van der Waals surface area contributed by atoms with E-state index in [-0.39, 0.29) is 29.8 Å². The van der Waals surface area contributed by atoms with Crippen LogP contribution in [0, 0.1) is 5.82 Å². The molecule has 0 aliphatic rings. The highest BCUT2D eigenvalue weighted by Crippen LogP contribution is 2.17. The van der Waals surface area contributed by atoms with Gasteiger partial charge < -0.3 is 10.6 Å². The van der Waals surface area contributed by atoms with E-state index in [1.54, 1.807) is 36.2 Å². The summed E-state index contributed by atoms with van der Waals surface area (Å²) >= 11 is 3.39. The van der Waals surface area contributed by atoms with Crippen molar-refractivity contribution in [2.75, 3.05) is 13.3 Å². The van der Waals surface area contributed by atoms with E-state index < -0.39 is 0 Å². The van der Waals surface area contributed by atoms with Crippen LogP contribution in [0.5, 0.6) is 0 Å². The number of halogens is 2. The Labute approximate surface area is 174 Å². The molecule has 0 bridgehead atoms. The Hall–Kier alpha value is -0.870. The first-order valence-corrected chi connectivity index (χ1v) is 10.0. The first-order valence-electron chi connectivity index (χ1n) is 7.80. The van der Waals surface area contributed by atoms with E-state index in [2.05, 4.69) is 27.5 Å². The molecule has 0 radical (unpaired) electrons. The van der Waals surface area contributed by atoms with Crippen LogP contribution in [0.2, 0.25) is 0 Å². The van der Waals surface area contributed by atoms with E-state index in [0.717, 1.165) is 28.3 Å². The Kier molecular flexibility index (Phi) is 10.4. The van der Waals surface area contributed by atoms with Gasteiger partial charge in [-0.05, 0) is 35.9 Å². The van der Waals surface area contributed by atoms with Gasteiger partial charge in [0.2, 0.25) is 0 Å². The third kappa shape index (κ3) is 7.10. The van der Waals surface area contributed by atoms with E-state index in [1.165, 1.54) is 10.9 Å². The molecule has 2 N–H and O–H groups in total. The molecule has 0 unspecified atom stereocenters. The van der Waals surface area contributed by atoms with Crippen molar-refractivity contribution in [1.82, 2.24) is 15.6 Å². The molecule has 0 aliphatic carbocycles. The zero-order chi connectivity index (χ0) is 17.4. The maximum atomic E-state index is 13.4. The number of aliphatic imine (C=N–C) groups is 1. The predicted molar refractivity (Wildman–Crippen MR) is 118 cm³/mol. The number of guanidine groups is 1. The zero-order valence-corrected chi connectivity index (χ0v) is 18.6. The summed E-state index contributed by atoms with van der Waals surface area (Å²) in [6.07, 6.45) is 4.94. The second-order valence-corrected chi connectivity index (χ2v) is 7.27. The van der Waals surface area contributed by atoms with E-state index >= 15 is 0 Å².